The summed E-state index contributed by atoms with van der Waals surface area (Å²) in [5.74, 6) is 0. The van der Waals surface area contributed by atoms with Crippen LogP contribution in [0.3, 0.4) is 0 Å². The molecule has 0 radical (unpaired) electrons. The molecule has 1 aliphatic heterocycles. The maximum Gasteiger partial charge on any atom is 0.0722 e. The molecule has 1 aromatic rings. The standard InChI is InChI=1S/C11H12N2S/c1-8-11(13(3)9(2)14-8)10-4-6-12-7-5-10/h4-7H,2H2,1,3H3. The van der Waals surface area contributed by atoms with Gasteiger partial charge in [0.1, 0.15) is 0 Å². The summed E-state index contributed by atoms with van der Waals surface area (Å²) in [4.78, 5) is 7.43. The number of aromatic nitrogens is 1. The molecule has 0 saturated heterocycles. The van der Waals surface area contributed by atoms with Crippen LogP contribution in [0.1, 0.15) is 12.5 Å². The Balaban J connectivity index is 2.45. The predicted molar refractivity (Wildman–Crippen MR) is 61.3 cm³/mol. The second-order valence-corrected chi connectivity index (χ2v) is 4.48. The Morgan fingerprint density at radius 3 is 2.50 bits per heavy atom. The van der Waals surface area contributed by atoms with Crippen LogP contribution in [-0.4, -0.2) is 16.9 Å². The molecule has 0 aliphatic carbocycles. The third kappa shape index (κ3) is 1.44. The Kier molecular flexibility index (Phi) is 2.33. The Labute approximate surface area is 88.3 Å². The van der Waals surface area contributed by atoms with Gasteiger partial charge in [-0.25, -0.2) is 0 Å². The van der Waals surface area contributed by atoms with Gasteiger partial charge in [0.2, 0.25) is 0 Å². The predicted octanol–water partition coefficient (Wildman–Crippen LogP) is 2.92. The number of nitrogens with zero attached hydrogens (tertiary/aromatic N) is 2. The van der Waals surface area contributed by atoms with E-state index in [9.17, 15) is 0 Å². The number of thioether (sulfide) groups is 1. The van der Waals surface area contributed by atoms with E-state index in [1.54, 1.807) is 11.8 Å². The van der Waals surface area contributed by atoms with Crippen LogP contribution in [0.25, 0.3) is 5.70 Å². The SMILES string of the molecule is C=C1SC(C)=C(c2ccncc2)N1C. The van der Waals surface area contributed by atoms with Gasteiger partial charge in [0, 0.05) is 29.9 Å². The van der Waals surface area contributed by atoms with Gasteiger partial charge in [0.25, 0.3) is 0 Å². The first kappa shape index (κ1) is 9.34. The number of hydrogen-bond donors (Lipinski definition) is 0. The monoisotopic (exact) mass is 204 g/mol. The molecule has 0 atom stereocenters. The van der Waals surface area contributed by atoms with E-state index in [2.05, 4.69) is 23.4 Å². The number of allylic oxidation sites excluding steroid dienone is 1. The Bertz CT molecular complexity index is 395. The normalized spacial score (nSPS) is 16.7. The number of pyridine rings is 1. The van der Waals surface area contributed by atoms with Gasteiger partial charge in [-0.15, -0.1) is 0 Å². The molecule has 0 aromatic carbocycles. The van der Waals surface area contributed by atoms with Crippen molar-refractivity contribution in [1.82, 2.24) is 9.88 Å². The fourth-order valence-electron chi connectivity index (χ4n) is 1.56. The molecule has 3 heteroatoms. The van der Waals surface area contributed by atoms with Crippen LogP contribution in [0.5, 0.6) is 0 Å². The van der Waals surface area contributed by atoms with E-state index in [0.717, 1.165) is 5.03 Å². The topological polar surface area (TPSA) is 16.1 Å². The van der Waals surface area contributed by atoms with Crippen LogP contribution in [0.4, 0.5) is 0 Å². The lowest BCUT2D eigenvalue weighted by atomic mass is 10.2. The average molecular weight is 204 g/mol. The fourth-order valence-corrected chi connectivity index (χ4v) is 2.49. The molecular weight excluding hydrogens is 192 g/mol. The molecule has 0 unspecified atom stereocenters. The smallest absolute Gasteiger partial charge is 0.0722 e. The summed E-state index contributed by atoms with van der Waals surface area (Å²) >= 11 is 1.72. The third-order valence-electron chi connectivity index (χ3n) is 2.27. The van der Waals surface area contributed by atoms with Gasteiger partial charge in [-0.1, -0.05) is 18.3 Å². The largest absolute Gasteiger partial charge is 0.338 e. The van der Waals surface area contributed by atoms with Crippen molar-refractivity contribution in [2.24, 2.45) is 0 Å². The molecule has 2 nitrogen and oxygen atoms in total. The lowest BCUT2D eigenvalue weighted by molar-refractivity contribution is 0.648. The summed E-state index contributed by atoms with van der Waals surface area (Å²) < 4.78 is 0. The summed E-state index contributed by atoms with van der Waals surface area (Å²) in [5.41, 5.74) is 2.44. The molecular formula is C11H12N2S. The molecule has 2 rings (SSSR count). The van der Waals surface area contributed by atoms with Crippen LogP contribution in [0.15, 0.2) is 41.0 Å². The van der Waals surface area contributed by atoms with Crippen molar-refractivity contribution in [3.63, 3.8) is 0 Å². The highest BCUT2D eigenvalue weighted by molar-refractivity contribution is 8.07. The quantitative estimate of drug-likeness (QED) is 0.699. The van der Waals surface area contributed by atoms with Crippen molar-refractivity contribution in [2.75, 3.05) is 7.05 Å². The lowest BCUT2D eigenvalue weighted by Gasteiger charge is -2.16. The zero-order valence-electron chi connectivity index (χ0n) is 8.32. The van der Waals surface area contributed by atoms with Gasteiger partial charge in [-0.05, 0) is 19.1 Å². The van der Waals surface area contributed by atoms with Gasteiger partial charge >= 0.3 is 0 Å². The van der Waals surface area contributed by atoms with E-state index < -0.39 is 0 Å². The zero-order chi connectivity index (χ0) is 10.1. The zero-order valence-corrected chi connectivity index (χ0v) is 9.14. The van der Waals surface area contributed by atoms with Crippen LogP contribution in [0, 0.1) is 0 Å². The van der Waals surface area contributed by atoms with Crippen LogP contribution in [0.2, 0.25) is 0 Å². The number of rotatable bonds is 1. The molecule has 0 N–H and O–H groups in total. The molecule has 14 heavy (non-hydrogen) atoms. The van der Waals surface area contributed by atoms with Crippen molar-refractivity contribution < 1.29 is 0 Å². The molecule has 0 spiro atoms. The molecule has 0 saturated carbocycles. The van der Waals surface area contributed by atoms with Crippen molar-refractivity contribution in [3.05, 3.63) is 46.6 Å². The highest BCUT2D eigenvalue weighted by Gasteiger charge is 2.21. The van der Waals surface area contributed by atoms with E-state index in [-0.39, 0.29) is 0 Å². The summed E-state index contributed by atoms with van der Waals surface area (Å²) in [7, 11) is 2.04. The molecule has 1 aliphatic rings. The van der Waals surface area contributed by atoms with Gasteiger partial charge in [0.15, 0.2) is 0 Å². The van der Waals surface area contributed by atoms with Crippen molar-refractivity contribution in [2.45, 2.75) is 6.92 Å². The van der Waals surface area contributed by atoms with Gasteiger partial charge in [0.05, 0.1) is 10.7 Å². The first-order valence-electron chi connectivity index (χ1n) is 4.42. The third-order valence-corrected chi connectivity index (χ3v) is 3.28. The van der Waals surface area contributed by atoms with Crippen LogP contribution >= 0.6 is 11.8 Å². The van der Waals surface area contributed by atoms with E-state index >= 15 is 0 Å². The van der Waals surface area contributed by atoms with E-state index in [1.807, 2.05) is 31.6 Å². The van der Waals surface area contributed by atoms with Crippen molar-refractivity contribution in [1.29, 1.82) is 0 Å². The average Bonchev–Trinajstić information content (AvgIpc) is 2.43. The summed E-state index contributed by atoms with van der Waals surface area (Å²) in [6.45, 7) is 6.11. The van der Waals surface area contributed by atoms with Crippen LogP contribution in [-0.2, 0) is 0 Å². The first-order chi connectivity index (χ1) is 6.70. The Hall–Kier alpha value is -1.22. The highest BCUT2D eigenvalue weighted by atomic mass is 32.2. The molecule has 72 valence electrons. The fraction of sp³-hybridized carbons (Fsp3) is 0.182. The molecule has 0 amide bonds. The summed E-state index contributed by atoms with van der Waals surface area (Å²) in [6.07, 6.45) is 3.63. The Morgan fingerprint density at radius 1 is 1.36 bits per heavy atom. The maximum absolute atomic E-state index is 4.02. The van der Waals surface area contributed by atoms with Crippen LogP contribution < -0.4 is 0 Å². The van der Waals surface area contributed by atoms with E-state index in [4.69, 9.17) is 0 Å². The second kappa shape index (κ2) is 3.50. The molecule has 1 aromatic heterocycles. The summed E-state index contributed by atoms with van der Waals surface area (Å²) in [5, 5.41) is 1.08. The van der Waals surface area contributed by atoms with Crippen molar-refractivity contribution >= 4 is 17.5 Å². The first-order valence-corrected chi connectivity index (χ1v) is 5.23. The lowest BCUT2D eigenvalue weighted by Crippen LogP contribution is -2.09. The van der Waals surface area contributed by atoms with Gasteiger partial charge < -0.3 is 4.90 Å². The molecule has 0 bridgehead atoms. The van der Waals surface area contributed by atoms with E-state index in [0.29, 0.717) is 0 Å². The minimum atomic E-state index is 1.08. The van der Waals surface area contributed by atoms with Gasteiger partial charge in [-0.3, -0.25) is 4.98 Å². The van der Waals surface area contributed by atoms with Crippen molar-refractivity contribution in [3.8, 4) is 0 Å². The maximum atomic E-state index is 4.02. The molecule has 2 heterocycles. The molecule has 0 fully saturated rings. The highest BCUT2D eigenvalue weighted by Crippen LogP contribution is 2.42. The Morgan fingerprint density at radius 2 is 2.00 bits per heavy atom. The second-order valence-electron chi connectivity index (χ2n) is 3.20. The minimum absolute atomic E-state index is 1.08. The number of hydrogen-bond acceptors (Lipinski definition) is 3. The van der Waals surface area contributed by atoms with Gasteiger partial charge in [-0.2, -0.15) is 0 Å². The summed E-state index contributed by atoms with van der Waals surface area (Å²) in [6, 6.07) is 4.04. The minimum Gasteiger partial charge on any atom is -0.338 e. The van der Waals surface area contributed by atoms with E-state index in [1.165, 1.54) is 16.2 Å².